The minimum absolute atomic E-state index is 0.201. The lowest BCUT2D eigenvalue weighted by molar-refractivity contribution is -0.112. The van der Waals surface area contributed by atoms with Crippen LogP contribution >= 0.6 is 23.1 Å². The van der Waals surface area contributed by atoms with Crippen LogP contribution in [0.1, 0.15) is 12.5 Å². The largest absolute Gasteiger partial charge is 0.337 e. The first-order valence-corrected chi connectivity index (χ1v) is 13.5. The van der Waals surface area contributed by atoms with Gasteiger partial charge in [-0.15, -0.1) is 11.3 Å². The maximum atomic E-state index is 13.5. The number of anilines is 2. The highest BCUT2D eigenvalue weighted by Gasteiger charge is 2.33. The number of fused-ring (bicyclic) bond motifs is 1. The predicted molar refractivity (Wildman–Crippen MR) is 138 cm³/mol. The van der Waals surface area contributed by atoms with Crippen molar-refractivity contribution in [2.75, 3.05) is 17.0 Å². The van der Waals surface area contributed by atoms with Crippen LogP contribution in [0.4, 0.5) is 11.4 Å². The summed E-state index contributed by atoms with van der Waals surface area (Å²) in [6, 6.07) is 11.8. The molecule has 2 aliphatic heterocycles. The Morgan fingerprint density at radius 2 is 1.71 bits per heavy atom. The summed E-state index contributed by atoms with van der Waals surface area (Å²) in [7, 11) is -0.830. The standard InChI is InChI=1S/C23H20N4O5S3/c1-12-11-14(35(30,31)32)9-10-15(12)27-20(28)18(13(2)24-27)22-26(4)21(29)19(34-22)23-25(3)16-7-5-6-8-17(16)33-23/h5-11H,1-4H3,(H,30,31,32). The van der Waals surface area contributed by atoms with Crippen molar-refractivity contribution in [3.63, 3.8) is 0 Å². The van der Waals surface area contributed by atoms with Gasteiger partial charge in [-0.05, 0) is 49.7 Å². The van der Waals surface area contributed by atoms with Crippen LogP contribution in [0.2, 0.25) is 0 Å². The number of nitrogens with zero attached hydrogens (tertiary/aromatic N) is 4. The number of thiazole rings is 1. The van der Waals surface area contributed by atoms with E-state index in [1.807, 2.05) is 36.2 Å². The number of hydrogen-bond acceptors (Lipinski definition) is 8. The van der Waals surface area contributed by atoms with Crippen LogP contribution in [-0.4, -0.2) is 36.2 Å². The van der Waals surface area contributed by atoms with E-state index in [1.165, 1.54) is 50.9 Å². The molecule has 1 amide bonds. The van der Waals surface area contributed by atoms with E-state index in [4.69, 9.17) is 0 Å². The Balaban J connectivity index is 1.65. The van der Waals surface area contributed by atoms with Gasteiger partial charge < -0.3 is 9.47 Å². The summed E-state index contributed by atoms with van der Waals surface area (Å²) in [5.74, 6) is -0.422. The van der Waals surface area contributed by atoms with E-state index in [-0.39, 0.29) is 10.5 Å². The van der Waals surface area contributed by atoms with Gasteiger partial charge in [0.25, 0.3) is 21.6 Å². The highest BCUT2D eigenvalue weighted by molar-refractivity contribution is 8.08. The molecule has 9 nitrogen and oxygen atoms in total. The molecule has 5 rings (SSSR count). The van der Waals surface area contributed by atoms with Gasteiger partial charge in [0.15, 0.2) is 0 Å². The number of amides is 1. The lowest BCUT2D eigenvalue weighted by atomic mass is 10.1. The van der Waals surface area contributed by atoms with Gasteiger partial charge in [0.05, 0.1) is 27.6 Å². The van der Waals surface area contributed by atoms with Gasteiger partial charge in [0.1, 0.15) is 14.2 Å². The van der Waals surface area contributed by atoms with E-state index in [0.29, 0.717) is 31.7 Å². The van der Waals surface area contributed by atoms with Crippen molar-refractivity contribution in [1.29, 1.82) is 0 Å². The third kappa shape index (κ3) is 3.73. The molecule has 0 unspecified atom stereocenters. The number of rotatable bonds is 2. The van der Waals surface area contributed by atoms with Crippen LogP contribution in [0, 0.1) is 6.92 Å². The maximum Gasteiger partial charge on any atom is 0.294 e. The minimum atomic E-state index is -4.37. The van der Waals surface area contributed by atoms with Crippen LogP contribution in [-0.2, 0) is 22.0 Å². The quantitative estimate of drug-likeness (QED) is 0.506. The summed E-state index contributed by atoms with van der Waals surface area (Å²) in [5.41, 5.74) is 2.40. The number of aryl methyl sites for hydroxylation is 1. The van der Waals surface area contributed by atoms with Gasteiger partial charge in [-0.25, -0.2) is 0 Å². The lowest BCUT2D eigenvalue weighted by Crippen LogP contribution is -2.33. The molecule has 0 saturated heterocycles. The number of benzene rings is 2. The van der Waals surface area contributed by atoms with E-state index in [9.17, 15) is 22.6 Å². The first-order valence-electron chi connectivity index (χ1n) is 10.4. The SMILES string of the molecule is CC1=NN(c2ccc(S(=O)(=O)O)cc2C)C(=O)C1=c1sc(=C2Sc3ccccc3N2C)c(=O)n1C. The molecule has 3 heterocycles. The number of hydrazone groups is 1. The molecule has 1 aromatic heterocycles. The van der Waals surface area contributed by atoms with Gasteiger partial charge in [-0.2, -0.15) is 18.5 Å². The molecular formula is C23H20N4O5S3. The second-order valence-electron chi connectivity index (χ2n) is 8.14. The van der Waals surface area contributed by atoms with Crippen molar-refractivity contribution in [3.8, 4) is 0 Å². The third-order valence-corrected chi connectivity index (χ3v) is 9.32. The first kappa shape index (κ1) is 23.5. The molecule has 0 aliphatic carbocycles. The molecule has 2 aromatic carbocycles. The lowest BCUT2D eigenvalue weighted by Gasteiger charge is -2.15. The maximum absolute atomic E-state index is 13.5. The van der Waals surface area contributed by atoms with Crippen molar-refractivity contribution >= 4 is 66.8 Å². The molecule has 0 fully saturated rings. The average Bonchev–Trinajstić information content (AvgIpc) is 3.39. The minimum Gasteiger partial charge on any atom is -0.337 e. The number of aromatic nitrogens is 1. The first-order chi connectivity index (χ1) is 16.5. The zero-order valence-electron chi connectivity index (χ0n) is 19.1. The number of hydrogen-bond donors (Lipinski definition) is 1. The van der Waals surface area contributed by atoms with Gasteiger partial charge >= 0.3 is 0 Å². The Bertz CT molecular complexity index is 1750. The zero-order chi connectivity index (χ0) is 25.2. The predicted octanol–water partition coefficient (Wildman–Crippen LogP) is 1.88. The van der Waals surface area contributed by atoms with Gasteiger partial charge in [-0.1, -0.05) is 23.9 Å². The number of carbonyl (C=O) groups is 1. The Kier molecular flexibility index (Phi) is 5.51. The van der Waals surface area contributed by atoms with Gasteiger partial charge in [-0.3, -0.25) is 14.1 Å². The third-order valence-electron chi connectivity index (χ3n) is 5.86. The molecule has 0 bridgehead atoms. The Morgan fingerprint density at radius 1 is 1.00 bits per heavy atom. The van der Waals surface area contributed by atoms with E-state index < -0.39 is 16.0 Å². The summed E-state index contributed by atoms with van der Waals surface area (Å²) < 4.78 is 34.7. The van der Waals surface area contributed by atoms with Crippen LogP contribution in [0.3, 0.4) is 0 Å². The Hall–Kier alpha value is -3.19. The molecular weight excluding hydrogens is 508 g/mol. The van der Waals surface area contributed by atoms with Crippen molar-refractivity contribution in [1.82, 2.24) is 4.57 Å². The van der Waals surface area contributed by atoms with Crippen LogP contribution in [0.15, 0.2) is 62.2 Å². The summed E-state index contributed by atoms with van der Waals surface area (Å²) >= 11 is 2.76. The highest BCUT2D eigenvalue weighted by atomic mass is 32.2. The molecule has 0 saturated carbocycles. The van der Waals surface area contributed by atoms with Crippen LogP contribution in [0.25, 0.3) is 10.6 Å². The molecule has 0 spiro atoms. The van der Waals surface area contributed by atoms with E-state index >= 15 is 0 Å². The molecule has 3 aromatic rings. The molecule has 12 heteroatoms. The summed E-state index contributed by atoms with van der Waals surface area (Å²) in [6.45, 7) is 3.32. The highest BCUT2D eigenvalue weighted by Crippen LogP contribution is 2.44. The van der Waals surface area contributed by atoms with Gasteiger partial charge in [0, 0.05) is 19.0 Å². The molecule has 0 atom stereocenters. The van der Waals surface area contributed by atoms with E-state index in [0.717, 1.165) is 15.6 Å². The molecule has 35 heavy (non-hydrogen) atoms. The molecule has 1 N–H and O–H groups in total. The Labute approximate surface area is 209 Å². The number of para-hydroxylation sites is 1. The number of carbonyl (C=O) groups excluding carboxylic acids is 1. The zero-order valence-corrected chi connectivity index (χ0v) is 21.6. The summed E-state index contributed by atoms with van der Waals surface area (Å²) in [5, 5.41) is 6.39. The van der Waals surface area contributed by atoms with E-state index in [2.05, 4.69) is 5.10 Å². The smallest absolute Gasteiger partial charge is 0.294 e. The Morgan fingerprint density at radius 3 is 2.37 bits per heavy atom. The average molecular weight is 529 g/mol. The second-order valence-corrected chi connectivity index (χ2v) is 11.6. The van der Waals surface area contributed by atoms with Crippen LogP contribution in [0.5, 0.6) is 0 Å². The summed E-state index contributed by atoms with van der Waals surface area (Å²) in [6.07, 6.45) is 0. The summed E-state index contributed by atoms with van der Waals surface area (Å²) in [4.78, 5) is 29.5. The fourth-order valence-electron chi connectivity index (χ4n) is 4.05. The molecule has 0 radical (unpaired) electrons. The topological polar surface area (TPSA) is 112 Å². The molecule has 2 aliphatic rings. The molecule has 180 valence electrons. The normalized spacial score (nSPS) is 18.9. The number of thioether (sulfide) groups is 1. The van der Waals surface area contributed by atoms with Crippen molar-refractivity contribution in [3.05, 3.63) is 67.6 Å². The fourth-order valence-corrected chi connectivity index (χ4v) is 7.14. The van der Waals surface area contributed by atoms with E-state index in [1.54, 1.807) is 20.9 Å². The second kappa shape index (κ2) is 8.19. The van der Waals surface area contributed by atoms with Crippen molar-refractivity contribution in [2.24, 2.45) is 12.1 Å². The van der Waals surface area contributed by atoms with Crippen molar-refractivity contribution < 1.29 is 17.8 Å². The van der Waals surface area contributed by atoms with Crippen molar-refractivity contribution in [2.45, 2.75) is 23.6 Å². The monoisotopic (exact) mass is 528 g/mol. The fraction of sp³-hybridized carbons (Fsp3) is 0.174. The van der Waals surface area contributed by atoms with Crippen LogP contribution < -0.4 is 24.7 Å². The van der Waals surface area contributed by atoms with Gasteiger partial charge in [0.2, 0.25) is 0 Å².